The number of hydrogen-bond acceptors (Lipinski definition) is 8. The fourth-order valence-corrected chi connectivity index (χ4v) is 5.05. The number of sulfonamides is 1. The van der Waals surface area contributed by atoms with Crippen LogP contribution in [0.1, 0.15) is 52.8 Å². The molecule has 0 aromatic heterocycles. The number of rotatable bonds is 9. The zero-order valence-electron chi connectivity index (χ0n) is 19.5. The molecule has 2 N–H and O–H groups in total. The van der Waals surface area contributed by atoms with Crippen molar-refractivity contribution in [2.24, 2.45) is 0 Å². The van der Waals surface area contributed by atoms with E-state index in [-0.39, 0.29) is 34.4 Å². The molecule has 188 valence electrons. The van der Waals surface area contributed by atoms with E-state index in [4.69, 9.17) is 4.74 Å². The topological polar surface area (TPSA) is 137 Å². The summed E-state index contributed by atoms with van der Waals surface area (Å²) in [6.45, 7) is -0.386. The number of nitrogens with one attached hydrogen (secondary N) is 2. The van der Waals surface area contributed by atoms with Crippen molar-refractivity contribution in [3.05, 3.63) is 53.6 Å². The third kappa shape index (κ3) is 7.27. The van der Waals surface area contributed by atoms with Crippen molar-refractivity contribution in [3.8, 4) is 5.75 Å². The van der Waals surface area contributed by atoms with E-state index in [1.165, 1.54) is 56.7 Å². The van der Waals surface area contributed by atoms with Crippen LogP contribution >= 0.6 is 0 Å². The molecule has 0 radical (unpaired) electrons. The first kappa shape index (κ1) is 26.2. The fourth-order valence-electron chi connectivity index (χ4n) is 3.74. The number of esters is 2. The van der Waals surface area contributed by atoms with Crippen molar-refractivity contribution in [1.82, 2.24) is 4.72 Å². The number of carbonyl (C=O) groups excluding carboxylic acids is 3. The van der Waals surface area contributed by atoms with Crippen molar-refractivity contribution in [2.75, 3.05) is 26.1 Å². The van der Waals surface area contributed by atoms with E-state index in [9.17, 15) is 22.8 Å². The average Bonchev–Trinajstić information content (AvgIpc) is 2.86. The monoisotopic (exact) mass is 504 g/mol. The van der Waals surface area contributed by atoms with E-state index in [0.717, 1.165) is 32.1 Å². The standard InChI is InChI=1S/C24H28N2O8S/c1-32-23(28)16-12-17(24(29)33-2)14-19(13-16)25-22(27)15-34-20-8-10-21(11-9-20)35(30,31)26-18-6-4-3-5-7-18/h8-14,18,26H,3-7,15H2,1-2H3,(H,25,27). The number of methoxy groups -OCH3 is 2. The Morgan fingerprint density at radius 2 is 1.46 bits per heavy atom. The van der Waals surface area contributed by atoms with Gasteiger partial charge in [-0.25, -0.2) is 22.7 Å². The predicted molar refractivity (Wildman–Crippen MR) is 127 cm³/mol. The second kappa shape index (κ2) is 11.8. The molecule has 1 aliphatic carbocycles. The quantitative estimate of drug-likeness (QED) is 0.498. The Hall–Kier alpha value is -3.44. The number of hydrogen-bond donors (Lipinski definition) is 2. The molecule has 2 aromatic carbocycles. The van der Waals surface area contributed by atoms with Crippen molar-refractivity contribution in [2.45, 2.75) is 43.0 Å². The molecule has 0 saturated heterocycles. The molecule has 1 saturated carbocycles. The lowest BCUT2D eigenvalue weighted by molar-refractivity contribution is -0.118. The molecule has 2 aromatic rings. The van der Waals surface area contributed by atoms with Crippen LogP contribution < -0.4 is 14.8 Å². The van der Waals surface area contributed by atoms with Crippen molar-refractivity contribution in [1.29, 1.82) is 0 Å². The van der Waals surface area contributed by atoms with E-state index in [1.54, 1.807) is 0 Å². The van der Waals surface area contributed by atoms with Gasteiger partial charge < -0.3 is 19.5 Å². The Balaban J connectivity index is 1.60. The van der Waals surface area contributed by atoms with Crippen LogP contribution in [0, 0.1) is 0 Å². The molecule has 10 nitrogen and oxygen atoms in total. The molecular weight excluding hydrogens is 476 g/mol. The van der Waals surface area contributed by atoms with Gasteiger partial charge in [0.05, 0.1) is 30.2 Å². The first-order valence-electron chi connectivity index (χ1n) is 11.1. The maximum atomic E-state index is 12.6. The minimum atomic E-state index is -3.64. The van der Waals surface area contributed by atoms with Gasteiger partial charge in [0.1, 0.15) is 5.75 Å². The summed E-state index contributed by atoms with van der Waals surface area (Å²) in [5.74, 6) is -1.63. The Morgan fingerprint density at radius 1 is 0.886 bits per heavy atom. The highest BCUT2D eigenvalue weighted by Gasteiger charge is 2.22. The van der Waals surface area contributed by atoms with E-state index >= 15 is 0 Å². The molecule has 3 rings (SSSR count). The van der Waals surface area contributed by atoms with Crippen LogP contribution in [0.4, 0.5) is 5.69 Å². The average molecular weight is 505 g/mol. The Bertz CT molecular complexity index is 1140. The third-order valence-corrected chi connectivity index (χ3v) is 7.03. The summed E-state index contributed by atoms with van der Waals surface area (Å²) in [6, 6.07) is 9.73. The maximum absolute atomic E-state index is 12.6. The number of anilines is 1. The SMILES string of the molecule is COC(=O)c1cc(NC(=O)COc2ccc(S(=O)(=O)NC3CCCCC3)cc2)cc(C(=O)OC)c1. The summed E-state index contributed by atoms with van der Waals surface area (Å²) >= 11 is 0. The van der Waals surface area contributed by atoms with Crippen LogP contribution in [-0.2, 0) is 24.3 Å². The second-order valence-corrected chi connectivity index (χ2v) is 9.76. The smallest absolute Gasteiger partial charge is 0.337 e. The van der Waals surface area contributed by atoms with Crippen molar-refractivity contribution < 1.29 is 37.0 Å². The molecule has 0 heterocycles. The molecule has 1 fully saturated rings. The number of ether oxygens (including phenoxy) is 3. The zero-order valence-corrected chi connectivity index (χ0v) is 20.4. The normalized spacial score (nSPS) is 14.1. The van der Waals surface area contributed by atoms with Gasteiger partial charge in [0, 0.05) is 11.7 Å². The lowest BCUT2D eigenvalue weighted by atomic mass is 9.96. The van der Waals surface area contributed by atoms with E-state index in [0.29, 0.717) is 5.75 Å². The zero-order chi connectivity index (χ0) is 25.4. The third-order valence-electron chi connectivity index (χ3n) is 5.49. The molecule has 1 aliphatic rings. The summed E-state index contributed by atoms with van der Waals surface area (Å²) in [7, 11) is -1.24. The molecule has 0 bridgehead atoms. The summed E-state index contributed by atoms with van der Waals surface area (Å²) in [5.41, 5.74) is 0.299. The molecular formula is C24H28N2O8S. The summed E-state index contributed by atoms with van der Waals surface area (Å²) in [6.07, 6.45) is 4.82. The van der Waals surface area contributed by atoms with E-state index in [2.05, 4.69) is 19.5 Å². The largest absolute Gasteiger partial charge is 0.484 e. The summed E-state index contributed by atoms with van der Waals surface area (Å²) in [5, 5.41) is 2.55. The number of amides is 1. The van der Waals surface area contributed by atoms with Crippen LogP contribution in [0.5, 0.6) is 5.75 Å². The van der Waals surface area contributed by atoms with Crippen molar-refractivity contribution >= 4 is 33.6 Å². The van der Waals surface area contributed by atoms with Crippen LogP contribution in [0.3, 0.4) is 0 Å². The molecule has 0 spiro atoms. The lowest BCUT2D eigenvalue weighted by Gasteiger charge is -2.22. The number of carbonyl (C=O) groups is 3. The van der Waals surface area contributed by atoms with Crippen LogP contribution in [0.25, 0.3) is 0 Å². The van der Waals surface area contributed by atoms with Gasteiger partial charge >= 0.3 is 11.9 Å². The van der Waals surface area contributed by atoms with Gasteiger partial charge in [-0.2, -0.15) is 0 Å². The van der Waals surface area contributed by atoms with Gasteiger partial charge in [-0.1, -0.05) is 19.3 Å². The van der Waals surface area contributed by atoms with Gasteiger partial charge in [0.25, 0.3) is 5.91 Å². The predicted octanol–water partition coefficient (Wildman–Crippen LogP) is 2.89. The fraction of sp³-hybridized carbons (Fsp3) is 0.375. The first-order chi connectivity index (χ1) is 16.7. The Morgan fingerprint density at radius 3 is 2.00 bits per heavy atom. The molecule has 0 unspecified atom stereocenters. The maximum Gasteiger partial charge on any atom is 0.337 e. The highest BCUT2D eigenvalue weighted by atomic mass is 32.2. The van der Waals surface area contributed by atoms with E-state index in [1.807, 2.05) is 0 Å². The van der Waals surface area contributed by atoms with Gasteiger partial charge in [-0.15, -0.1) is 0 Å². The first-order valence-corrected chi connectivity index (χ1v) is 12.6. The van der Waals surface area contributed by atoms with Gasteiger partial charge in [0.2, 0.25) is 10.0 Å². The molecule has 0 aliphatic heterocycles. The Labute approximate surface area is 204 Å². The molecule has 35 heavy (non-hydrogen) atoms. The minimum absolute atomic E-state index is 0.0502. The van der Waals surface area contributed by atoms with Crippen LogP contribution in [0.15, 0.2) is 47.4 Å². The van der Waals surface area contributed by atoms with Crippen LogP contribution in [-0.4, -0.2) is 53.1 Å². The number of benzene rings is 2. The highest BCUT2D eigenvalue weighted by Crippen LogP contribution is 2.22. The van der Waals surface area contributed by atoms with E-state index < -0.39 is 27.9 Å². The summed E-state index contributed by atoms with van der Waals surface area (Å²) in [4.78, 5) is 36.2. The molecule has 0 atom stereocenters. The van der Waals surface area contributed by atoms with Gasteiger partial charge in [0.15, 0.2) is 6.61 Å². The van der Waals surface area contributed by atoms with Crippen molar-refractivity contribution in [3.63, 3.8) is 0 Å². The van der Waals surface area contributed by atoms with Gasteiger partial charge in [-0.3, -0.25) is 4.79 Å². The Kier molecular flexibility index (Phi) is 8.83. The minimum Gasteiger partial charge on any atom is -0.484 e. The summed E-state index contributed by atoms with van der Waals surface area (Å²) < 4.78 is 42.7. The second-order valence-electron chi connectivity index (χ2n) is 8.05. The lowest BCUT2D eigenvalue weighted by Crippen LogP contribution is -2.36. The van der Waals surface area contributed by atoms with Gasteiger partial charge in [-0.05, 0) is 55.3 Å². The molecule has 11 heteroatoms. The molecule has 1 amide bonds. The highest BCUT2D eigenvalue weighted by molar-refractivity contribution is 7.89. The van der Waals surface area contributed by atoms with Crippen LogP contribution in [0.2, 0.25) is 0 Å².